The third kappa shape index (κ3) is 5.72. The number of benzene rings is 1. The molecular weight excluding hydrogens is 362 g/mol. The lowest BCUT2D eigenvalue weighted by Crippen LogP contribution is -2.55. The Hall–Kier alpha value is -2.08. The van der Waals surface area contributed by atoms with Crippen molar-refractivity contribution in [3.8, 4) is 0 Å². The number of carbonyl (C=O) groups is 1. The Morgan fingerprint density at radius 3 is 2.31 bits per heavy atom. The van der Waals surface area contributed by atoms with E-state index < -0.39 is 0 Å². The normalized spacial score (nSPS) is 18.6. The van der Waals surface area contributed by atoms with Gasteiger partial charge in [-0.15, -0.1) is 0 Å². The number of rotatable bonds is 8. The molecule has 1 heterocycles. The molecule has 1 aromatic rings. The summed E-state index contributed by atoms with van der Waals surface area (Å²) in [5, 5.41) is 6.73. The quantitative estimate of drug-likeness (QED) is 0.520. The number of hydrogen-bond acceptors (Lipinski definition) is 3. The van der Waals surface area contributed by atoms with E-state index in [4.69, 9.17) is 0 Å². The van der Waals surface area contributed by atoms with E-state index in [1.165, 1.54) is 5.56 Å². The van der Waals surface area contributed by atoms with Crippen molar-refractivity contribution < 1.29 is 4.79 Å². The van der Waals surface area contributed by atoms with Gasteiger partial charge in [-0.1, -0.05) is 44.2 Å². The predicted molar refractivity (Wildman–Crippen MR) is 119 cm³/mol. The standard InChI is InChI=1S/C23H37N5O/c1-4-23(5-2,19-9-7-6-8-10-19)18-25-22(24-3)28-15-13-27(14-16-28)17-21(29)26-20-11-12-20/h6-10,20H,4-5,11-18H2,1-3H3,(H,24,25)(H,26,29). The van der Waals surface area contributed by atoms with Gasteiger partial charge in [-0.05, 0) is 31.2 Å². The van der Waals surface area contributed by atoms with Crippen LogP contribution in [0.25, 0.3) is 0 Å². The van der Waals surface area contributed by atoms with E-state index in [1.807, 2.05) is 7.05 Å². The van der Waals surface area contributed by atoms with Crippen molar-refractivity contribution in [1.29, 1.82) is 0 Å². The average Bonchev–Trinajstić information content (AvgIpc) is 3.57. The van der Waals surface area contributed by atoms with E-state index in [1.54, 1.807) is 0 Å². The minimum absolute atomic E-state index is 0.111. The van der Waals surface area contributed by atoms with Crippen molar-refractivity contribution in [3.63, 3.8) is 0 Å². The van der Waals surface area contributed by atoms with Gasteiger partial charge in [-0.2, -0.15) is 0 Å². The second-order valence-electron chi connectivity index (χ2n) is 8.36. The van der Waals surface area contributed by atoms with Gasteiger partial charge in [0, 0.05) is 51.2 Å². The monoisotopic (exact) mass is 399 g/mol. The molecule has 1 saturated heterocycles. The van der Waals surface area contributed by atoms with Gasteiger partial charge in [-0.25, -0.2) is 0 Å². The first-order valence-corrected chi connectivity index (χ1v) is 11.1. The van der Waals surface area contributed by atoms with Crippen LogP contribution in [0.1, 0.15) is 45.1 Å². The molecule has 0 atom stereocenters. The predicted octanol–water partition coefficient (Wildman–Crippen LogP) is 2.22. The summed E-state index contributed by atoms with van der Waals surface area (Å²) in [5.41, 5.74) is 1.50. The largest absolute Gasteiger partial charge is 0.355 e. The molecule has 2 aliphatic rings. The zero-order valence-electron chi connectivity index (χ0n) is 18.3. The minimum atomic E-state index is 0.111. The molecule has 1 aromatic carbocycles. The highest BCUT2D eigenvalue weighted by atomic mass is 16.2. The van der Waals surface area contributed by atoms with Crippen LogP contribution in [0.5, 0.6) is 0 Å². The van der Waals surface area contributed by atoms with Gasteiger partial charge in [0.2, 0.25) is 5.91 Å². The zero-order chi connectivity index (χ0) is 20.7. The van der Waals surface area contributed by atoms with Crippen molar-refractivity contribution >= 4 is 11.9 Å². The molecule has 0 bridgehead atoms. The number of aliphatic imine (C=N–C) groups is 1. The molecule has 0 spiro atoms. The summed E-state index contributed by atoms with van der Waals surface area (Å²) in [7, 11) is 1.86. The minimum Gasteiger partial charge on any atom is -0.355 e. The number of guanidine groups is 1. The number of hydrogen-bond donors (Lipinski definition) is 2. The Labute approximate surface area is 175 Å². The number of piperazine rings is 1. The molecule has 6 heteroatoms. The molecule has 0 radical (unpaired) electrons. The Kier molecular flexibility index (Phi) is 7.53. The summed E-state index contributed by atoms with van der Waals surface area (Å²) in [6.45, 7) is 9.51. The van der Waals surface area contributed by atoms with Gasteiger partial charge >= 0.3 is 0 Å². The van der Waals surface area contributed by atoms with Crippen molar-refractivity contribution in [2.75, 3.05) is 46.3 Å². The van der Waals surface area contributed by atoms with Crippen LogP contribution in [0.4, 0.5) is 0 Å². The molecule has 160 valence electrons. The summed E-state index contributed by atoms with van der Waals surface area (Å²) in [4.78, 5) is 21.1. The van der Waals surface area contributed by atoms with Crippen LogP contribution in [0.3, 0.4) is 0 Å². The highest BCUT2D eigenvalue weighted by Crippen LogP contribution is 2.31. The first-order chi connectivity index (χ1) is 14.1. The van der Waals surface area contributed by atoms with E-state index in [2.05, 4.69) is 69.6 Å². The third-order valence-electron chi connectivity index (χ3n) is 6.52. The van der Waals surface area contributed by atoms with E-state index in [-0.39, 0.29) is 11.3 Å². The number of amides is 1. The molecular formula is C23H37N5O. The van der Waals surface area contributed by atoms with Crippen LogP contribution in [0.15, 0.2) is 35.3 Å². The number of nitrogens with one attached hydrogen (secondary N) is 2. The SMILES string of the molecule is CCC(CC)(CNC(=NC)N1CCN(CC(=O)NC2CC2)CC1)c1ccccc1. The van der Waals surface area contributed by atoms with Crippen LogP contribution in [-0.4, -0.2) is 74.0 Å². The fraction of sp³-hybridized carbons (Fsp3) is 0.652. The van der Waals surface area contributed by atoms with Crippen LogP contribution in [0.2, 0.25) is 0 Å². The number of carbonyl (C=O) groups excluding carboxylic acids is 1. The second-order valence-corrected chi connectivity index (χ2v) is 8.36. The van der Waals surface area contributed by atoms with Gasteiger partial charge in [0.15, 0.2) is 5.96 Å². The maximum atomic E-state index is 12.0. The van der Waals surface area contributed by atoms with Gasteiger partial charge in [0.05, 0.1) is 6.54 Å². The summed E-state index contributed by atoms with van der Waals surface area (Å²) in [5.74, 6) is 1.14. The molecule has 2 N–H and O–H groups in total. The van der Waals surface area contributed by atoms with Crippen LogP contribution in [0, 0.1) is 0 Å². The van der Waals surface area contributed by atoms with Crippen molar-refractivity contribution in [2.24, 2.45) is 4.99 Å². The van der Waals surface area contributed by atoms with E-state index in [9.17, 15) is 4.79 Å². The van der Waals surface area contributed by atoms with E-state index in [0.29, 0.717) is 12.6 Å². The van der Waals surface area contributed by atoms with Gasteiger partial charge in [0.25, 0.3) is 0 Å². The fourth-order valence-corrected chi connectivity index (χ4v) is 4.20. The lowest BCUT2D eigenvalue weighted by molar-refractivity contribution is -0.122. The highest BCUT2D eigenvalue weighted by molar-refractivity contribution is 5.80. The maximum Gasteiger partial charge on any atom is 0.234 e. The van der Waals surface area contributed by atoms with Crippen molar-refractivity contribution in [1.82, 2.24) is 20.4 Å². The summed E-state index contributed by atoms with van der Waals surface area (Å²) in [6.07, 6.45) is 4.45. The molecule has 1 aliphatic heterocycles. The van der Waals surface area contributed by atoms with Crippen LogP contribution < -0.4 is 10.6 Å². The highest BCUT2D eigenvalue weighted by Gasteiger charge is 2.30. The Morgan fingerprint density at radius 2 is 1.76 bits per heavy atom. The van der Waals surface area contributed by atoms with E-state index >= 15 is 0 Å². The molecule has 0 unspecified atom stereocenters. The van der Waals surface area contributed by atoms with Gasteiger partial charge in [0.1, 0.15) is 0 Å². The molecule has 1 aliphatic carbocycles. The molecule has 29 heavy (non-hydrogen) atoms. The summed E-state index contributed by atoms with van der Waals surface area (Å²) >= 11 is 0. The number of nitrogens with zero attached hydrogens (tertiary/aromatic N) is 3. The van der Waals surface area contributed by atoms with Gasteiger partial charge in [-0.3, -0.25) is 14.7 Å². The Morgan fingerprint density at radius 1 is 1.10 bits per heavy atom. The molecule has 2 fully saturated rings. The van der Waals surface area contributed by atoms with Crippen LogP contribution >= 0.6 is 0 Å². The topological polar surface area (TPSA) is 60.0 Å². The lowest BCUT2D eigenvalue weighted by atomic mass is 9.76. The first kappa shape index (κ1) is 21.6. The molecule has 3 rings (SSSR count). The zero-order valence-corrected chi connectivity index (χ0v) is 18.3. The molecule has 0 aromatic heterocycles. The van der Waals surface area contributed by atoms with Crippen LogP contribution in [-0.2, 0) is 10.2 Å². The average molecular weight is 400 g/mol. The van der Waals surface area contributed by atoms with Gasteiger partial charge < -0.3 is 15.5 Å². The second kappa shape index (κ2) is 10.1. The van der Waals surface area contributed by atoms with E-state index in [0.717, 1.165) is 64.4 Å². The summed E-state index contributed by atoms with van der Waals surface area (Å²) in [6, 6.07) is 11.3. The lowest BCUT2D eigenvalue weighted by Gasteiger charge is -2.38. The smallest absolute Gasteiger partial charge is 0.234 e. The molecule has 1 amide bonds. The first-order valence-electron chi connectivity index (χ1n) is 11.1. The summed E-state index contributed by atoms with van der Waals surface area (Å²) < 4.78 is 0. The van der Waals surface area contributed by atoms with Crippen molar-refractivity contribution in [2.45, 2.75) is 51.0 Å². The third-order valence-corrected chi connectivity index (χ3v) is 6.52. The maximum absolute atomic E-state index is 12.0. The van der Waals surface area contributed by atoms with Crippen molar-refractivity contribution in [3.05, 3.63) is 35.9 Å². The fourth-order valence-electron chi connectivity index (χ4n) is 4.20. The molecule has 1 saturated carbocycles. The molecule has 6 nitrogen and oxygen atoms in total. The Balaban J connectivity index is 1.51. The Bertz CT molecular complexity index is 674.